The molecule has 1 aliphatic heterocycles. The number of nitrogens with one attached hydrogen (secondary N) is 1. The lowest BCUT2D eigenvalue weighted by Gasteiger charge is -2.38. The van der Waals surface area contributed by atoms with E-state index in [1.807, 2.05) is 9.80 Å². The molecule has 3 heterocycles. The molecule has 0 aromatic carbocycles. The topological polar surface area (TPSA) is 74.5 Å². The van der Waals surface area contributed by atoms with Crippen LogP contribution in [0.3, 0.4) is 0 Å². The number of aromatic nitrogens is 2. The molecule has 1 aliphatic rings. The first-order valence-electron chi connectivity index (χ1n) is 8.61. The van der Waals surface area contributed by atoms with Crippen molar-refractivity contribution >= 4 is 29.2 Å². The molecule has 0 spiro atoms. The summed E-state index contributed by atoms with van der Waals surface area (Å²) in [5, 5.41) is 6.34. The first-order valence-corrected chi connectivity index (χ1v) is 8.99. The first-order chi connectivity index (χ1) is 13.1. The Morgan fingerprint density at radius 3 is 2.50 bits per heavy atom. The van der Waals surface area contributed by atoms with Crippen molar-refractivity contribution in [1.82, 2.24) is 15.0 Å². The number of nitrogens with zero attached hydrogens (tertiary/aromatic N) is 4. The fourth-order valence-corrected chi connectivity index (χ4v) is 3.24. The van der Waals surface area contributed by atoms with E-state index >= 15 is 0 Å². The number of rotatable bonds is 4. The summed E-state index contributed by atoms with van der Waals surface area (Å²) in [5.74, 6) is 0.368. The summed E-state index contributed by atoms with van der Waals surface area (Å²) in [7, 11) is 0. The second-order valence-corrected chi connectivity index (χ2v) is 6.96. The summed E-state index contributed by atoms with van der Waals surface area (Å²) in [4.78, 5) is 20.0. The van der Waals surface area contributed by atoms with Crippen LogP contribution >= 0.6 is 11.6 Å². The molecule has 1 unspecified atom stereocenters. The molecular formula is C17H19ClF3N5O2. The monoisotopic (exact) mass is 417 g/mol. The van der Waals surface area contributed by atoms with Gasteiger partial charge in [0.25, 0.3) is 0 Å². The normalized spacial score (nSPS) is 16.9. The van der Waals surface area contributed by atoms with E-state index in [1.54, 1.807) is 19.9 Å². The van der Waals surface area contributed by atoms with Crippen LogP contribution in [0.4, 0.5) is 24.9 Å². The standard InChI is InChI=1S/C17H19ClF3N5O2/c1-10-7-14(28-24-10)23-16(27)11(2)25-3-5-26(6-4-25)15-13(18)8-12(9-22-15)17(19,20)21/h7-9,11H,3-6H2,1-2H3,(H,23,27). The highest BCUT2D eigenvalue weighted by atomic mass is 35.5. The van der Waals surface area contributed by atoms with Crippen LogP contribution in [0.25, 0.3) is 0 Å². The zero-order valence-electron chi connectivity index (χ0n) is 15.3. The third kappa shape index (κ3) is 4.56. The first kappa shape index (κ1) is 20.4. The molecule has 2 aromatic heterocycles. The van der Waals surface area contributed by atoms with Crippen molar-refractivity contribution in [2.75, 3.05) is 36.4 Å². The molecular weight excluding hydrogens is 399 g/mol. The average Bonchev–Trinajstić information content (AvgIpc) is 3.05. The molecule has 1 N–H and O–H groups in total. The molecule has 28 heavy (non-hydrogen) atoms. The summed E-state index contributed by atoms with van der Waals surface area (Å²) in [6.07, 6.45) is -3.71. The molecule has 7 nitrogen and oxygen atoms in total. The smallest absolute Gasteiger partial charge is 0.353 e. The van der Waals surface area contributed by atoms with Gasteiger partial charge >= 0.3 is 6.18 Å². The summed E-state index contributed by atoms with van der Waals surface area (Å²) < 4.78 is 43.2. The Kier molecular flexibility index (Phi) is 5.80. The molecule has 1 fully saturated rings. The lowest BCUT2D eigenvalue weighted by Crippen LogP contribution is -2.53. The highest BCUT2D eigenvalue weighted by Gasteiger charge is 2.33. The molecule has 2 aromatic rings. The van der Waals surface area contributed by atoms with Gasteiger partial charge in [-0.1, -0.05) is 16.8 Å². The van der Waals surface area contributed by atoms with E-state index in [9.17, 15) is 18.0 Å². The number of anilines is 2. The van der Waals surface area contributed by atoms with Crippen molar-refractivity contribution in [1.29, 1.82) is 0 Å². The predicted molar refractivity (Wildman–Crippen MR) is 97.4 cm³/mol. The fourth-order valence-electron chi connectivity index (χ4n) is 2.95. The number of amides is 1. The van der Waals surface area contributed by atoms with E-state index < -0.39 is 17.8 Å². The molecule has 1 saturated heterocycles. The van der Waals surface area contributed by atoms with Gasteiger partial charge in [-0.2, -0.15) is 13.2 Å². The third-order valence-corrected chi connectivity index (χ3v) is 4.84. The van der Waals surface area contributed by atoms with E-state index in [-0.39, 0.29) is 16.8 Å². The number of alkyl halides is 3. The van der Waals surface area contributed by atoms with E-state index in [0.29, 0.717) is 37.7 Å². The van der Waals surface area contributed by atoms with Crippen LogP contribution < -0.4 is 10.2 Å². The van der Waals surface area contributed by atoms with Crippen LogP contribution in [-0.4, -0.2) is 53.2 Å². The van der Waals surface area contributed by atoms with Crippen LogP contribution in [0, 0.1) is 6.92 Å². The highest BCUT2D eigenvalue weighted by molar-refractivity contribution is 6.33. The van der Waals surface area contributed by atoms with Gasteiger partial charge in [0.1, 0.15) is 5.82 Å². The van der Waals surface area contributed by atoms with Crippen molar-refractivity contribution in [2.45, 2.75) is 26.1 Å². The van der Waals surface area contributed by atoms with Gasteiger partial charge < -0.3 is 9.42 Å². The maximum atomic E-state index is 12.7. The van der Waals surface area contributed by atoms with Crippen LogP contribution in [0.2, 0.25) is 5.02 Å². The van der Waals surface area contributed by atoms with Gasteiger partial charge in [0.2, 0.25) is 11.8 Å². The second kappa shape index (κ2) is 7.96. The minimum Gasteiger partial charge on any atom is -0.353 e. The van der Waals surface area contributed by atoms with Crippen molar-refractivity contribution in [3.8, 4) is 0 Å². The fraction of sp³-hybridized carbons (Fsp3) is 0.471. The van der Waals surface area contributed by atoms with Crippen LogP contribution in [0.15, 0.2) is 22.9 Å². The Hall–Kier alpha value is -2.33. The number of aryl methyl sites for hydroxylation is 1. The molecule has 11 heteroatoms. The predicted octanol–water partition coefficient (Wildman–Crippen LogP) is 3.20. The van der Waals surface area contributed by atoms with E-state index in [2.05, 4.69) is 15.5 Å². The Morgan fingerprint density at radius 2 is 1.96 bits per heavy atom. The number of pyridine rings is 1. The van der Waals surface area contributed by atoms with Gasteiger partial charge in [-0.15, -0.1) is 0 Å². The van der Waals surface area contributed by atoms with Gasteiger partial charge in [0, 0.05) is 38.4 Å². The molecule has 0 saturated carbocycles. The Labute approximate surface area is 164 Å². The van der Waals surface area contributed by atoms with Gasteiger partial charge in [-0.05, 0) is 19.9 Å². The van der Waals surface area contributed by atoms with E-state index in [0.717, 1.165) is 12.3 Å². The Bertz CT molecular complexity index is 850. The lowest BCUT2D eigenvalue weighted by atomic mass is 10.2. The number of halogens is 4. The molecule has 1 amide bonds. The zero-order chi connectivity index (χ0) is 20.5. The second-order valence-electron chi connectivity index (χ2n) is 6.55. The maximum absolute atomic E-state index is 12.7. The van der Waals surface area contributed by atoms with Gasteiger partial charge in [0.05, 0.1) is 22.3 Å². The van der Waals surface area contributed by atoms with E-state index in [1.165, 1.54) is 0 Å². The van der Waals surface area contributed by atoms with Gasteiger partial charge in [0.15, 0.2) is 0 Å². The number of carbonyl (C=O) groups is 1. The lowest BCUT2D eigenvalue weighted by molar-refractivity contribution is -0.137. The quantitative estimate of drug-likeness (QED) is 0.823. The maximum Gasteiger partial charge on any atom is 0.417 e. The van der Waals surface area contributed by atoms with Crippen molar-refractivity contribution in [3.05, 3.63) is 34.6 Å². The number of hydrogen-bond acceptors (Lipinski definition) is 6. The van der Waals surface area contributed by atoms with Crippen molar-refractivity contribution in [3.63, 3.8) is 0 Å². The Morgan fingerprint density at radius 1 is 1.29 bits per heavy atom. The van der Waals surface area contributed by atoms with Crippen LogP contribution in [0.1, 0.15) is 18.2 Å². The highest BCUT2D eigenvalue weighted by Crippen LogP contribution is 2.33. The average molecular weight is 418 g/mol. The minimum absolute atomic E-state index is 0.0465. The molecule has 0 radical (unpaired) electrons. The third-order valence-electron chi connectivity index (χ3n) is 4.56. The largest absolute Gasteiger partial charge is 0.417 e. The number of hydrogen-bond donors (Lipinski definition) is 1. The van der Waals surface area contributed by atoms with Crippen LogP contribution in [0.5, 0.6) is 0 Å². The molecule has 3 rings (SSSR count). The summed E-state index contributed by atoms with van der Waals surface area (Å²) in [6.45, 7) is 5.56. The molecule has 0 bridgehead atoms. The summed E-state index contributed by atoms with van der Waals surface area (Å²) in [5.41, 5.74) is -0.217. The molecule has 152 valence electrons. The minimum atomic E-state index is -4.49. The summed E-state index contributed by atoms with van der Waals surface area (Å²) in [6, 6.07) is 2.09. The van der Waals surface area contributed by atoms with Gasteiger partial charge in [-0.25, -0.2) is 4.98 Å². The molecule has 0 aliphatic carbocycles. The zero-order valence-corrected chi connectivity index (χ0v) is 16.0. The van der Waals surface area contributed by atoms with Gasteiger partial charge in [-0.3, -0.25) is 15.0 Å². The van der Waals surface area contributed by atoms with Crippen molar-refractivity contribution < 1.29 is 22.5 Å². The van der Waals surface area contributed by atoms with Crippen molar-refractivity contribution in [2.24, 2.45) is 0 Å². The number of piperazine rings is 1. The van der Waals surface area contributed by atoms with E-state index in [4.69, 9.17) is 16.1 Å². The van der Waals surface area contributed by atoms with Crippen LogP contribution in [-0.2, 0) is 11.0 Å². The summed E-state index contributed by atoms with van der Waals surface area (Å²) >= 11 is 6.01. The SMILES string of the molecule is Cc1cc(NC(=O)C(C)N2CCN(c3ncc(C(F)(F)F)cc3Cl)CC2)on1. The number of carbonyl (C=O) groups excluding carboxylic acids is 1. The molecule has 1 atom stereocenters. The Balaban J connectivity index is 1.59.